The van der Waals surface area contributed by atoms with E-state index in [1.807, 2.05) is 0 Å². The molecule has 0 radical (unpaired) electrons. The first-order valence-electron chi connectivity index (χ1n) is 42.6. The third kappa shape index (κ3) is 76.1. The maximum absolute atomic E-state index is 13.1. The summed E-state index contributed by atoms with van der Waals surface area (Å²) in [5, 5.41) is 10.7. The van der Waals surface area contributed by atoms with Crippen LogP contribution in [0.15, 0.2) is 0 Å². The highest BCUT2D eigenvalue weighted by Crippen LogP contribution is 2.45. The Hall–Kier alpha value is -1.94. The summed E-state index contributed by atoms with van der Waals surface area (Å²) in [5.41, 5.74) is 0. The summed E-state index contributed by atoms with van der Waals surface area (Å²) in [7, 11) is -9.92. The normalized spacial score (nSPS) is 13.8. The van der Waals surface area contributed by atoms with Crippen molar-refractivity contribution in [3.8, 4) is 0 Å². The second-order valence-corrected chi connectivity index (χ2v) is 32.9. The highest BCUT2D eigenvalue weighted by atomic mass is 31.2. The van der Waals surface area contributed by atoms with Crippen molar-refractivity contribution in [1.29, 1.82) is 0 Å². The number of hydrogen-bond donors (Lipinski definition) is 3. The zero-order chi connectivity index (χ0) is 74.1. The Morgan fingerprint density at radius 2 is 0.455 bits per heavy atom. The van der Waals surface area contributed by atoms with E-state index in [-0.39, 0.29) is 25.7 Å². The van der Waals surface area contributed by atoms with Gasteiger partial charge in [-0.2, -0.15) is 0 Å². The Labute approximate surface area is 619 Å². The molecule has 0 aliphatic heterocycles. The Morgan fingerprint density at radius 1 is 0.267 bits per heavy atom. The Bertz CT molecular complexity index is 1930. The molecule has 0 aromatic carbocycles. The first-order valence-corrected chi connectivity index (χ1v) is 45.6. The molecular weight excluding hydrogens is 1320 g/mol. The predicted molar refractivity (Wildman–Crippen MR) is 414 cm³/mol. The molecule has 0 heterocycles. The lowest BCUT2D eigenvalue weighted by molar-refractivity contribution is -0.161. The lowest BCUT2D eigenvalue weighted by Crippen LogP contribution is -2.30. The van der Waals surface area contributed by atoms with Gasteiger partial charge in [-0.3, -0.25) is 37.3 Å². The van der Waals surface area contributed by atoms with E-state index in [4.69, 9.17) is 37.0 Å². The summed E-state index contributed by atoms with van der Waals surface area (Å²) >= 11 is 0. The van der Waals surface area contributed by atoms with Gasteiger partial charge in [0.1, 0.15) is 19.3 Å². The first kappa shape index (κ1) is 99.1. The lowest BCUT2D eigenvalue weighted by atomic mass is 10.0. The smallest absolute Gasteiger partial charge is 0.462 e. The minimum atomic E-state index is -4.96. The number of carbonyl (C=O) groups is 4. The number of hydrogen-bond acceptors (Lipinski definition) is 15. The van der Waals surface area contributed by atoms with Crippen molar-refractivity contribution < 1.29 is 80.2 Å². The van der Waals surface area contributed by atoms with Crippen LogP contribution in [0.3, 0.4) is 0 Å². The standard InChI is InChI=1S/C82H160O17P2/c1-6-9-12-15-18-21-24-27-30-32-34-36-39-41-44-50-55-60-65-79(84)92-71-77(98-82(87)68-63-58-53-46-43-40-37-35-33-31-28-25-22-19-16-13-10-7-2)73-96-100(88,89)94-69-76(83)70-95-101(90,91)97-74-78(72-93-80(85)66-61-56-51-48-47-49-54-59-64-75(4)5)99-81(86)67-62-57-52-45-42-38-29-26-23-20-17-14-11-8-3/h75-78,83H,6-74H2,1-5H3,(H,88,89)(H,90,91)/t76-,77-,78-/m1/s1. The van der Waals surface area contributed by atoms with Gasteiger partial charge in [0, 0.05) is 25.7 Å². The average molecular weight is 1480 g/mol. The minimum absolute atomic E-state index is 0.108. The molecule has 0 rings (SSSR count). The fourth-order valence-corrected chi connectivity index (χ4v) is 14.3. The van der Waals surface area contributed by atoms with E-state index >= 15 is 0 Å². The lowest BCUT2D eigenvalue weighted by Gasteiger charge is -2.21. The van der Waals surface area contributed by atoms with Crippen LogP contribution in [0.25, 0.3) is 0 Å². The van der Waals surface area contributed by atoms with E-state index in [1.165, 1.54) is 263 Å². The van der Waals surface area contributed by atoms with Crippen LogP contribution in [0.2, 0.25) is 0 Å². The van der Waals surface area contributed by atoms with Crippen LogP contribution in [-0.4, -0.2) is 96.7 Å². The number of unbranched alkanes of at least 4 members (excludes halogenated alkanes) is 54. The largest absolute Gasteiger partial charge is 0.472 e. The number of ether oxygens (including phenoxy) is 4. The van der Waals surface area contributed by atoms with Gasteiger partial charge in [-0.25, -0.2) is 9.13 Å². The van der Waals surface area contributed by atoms with Crippen LogP contribution >= 0.6 is 15.6 Å². The van der Waals surface area contributed by atoms with E-state index in [9.17, 15) is 43.2 Å². The van der Waals surface area contributed by atoms with Gasteiger partial charge >= 0.3 is 39.5 Å². The monoisotopic (exact) mass is 1480 g/mol. The summed E-state index contributed by atoms with van der Waals surface area (Å²) < 4.78 is 68.8. The van der Waals surface area contributed by atoms with Gasteiger partial charge < -0.3 is 33.8 Å². The van der Waals surface area contributed by atoms with Crippen molar-refractivity contribution in [3.63, 3.8) is 0 Å². The topological polar surface area (TPSA) is 237 Å². The van der Waals surface area contributed by atoms with Crippen LogP contribution in [0.5, 0.6) is 0 Å². The Morgan fingerprint density at radius 3 is 0.673 bits per heavy atom. The molecule has 5 atom stereocenters. The Kier molecular flexibility index (Phi) is 73.5. The fraction of sp³-hybridized carbons (Fsp3) is 0.951. The van der Waals surface area contributed by atoms with Crippen LogP contribution in [-0.2, 0) is 65.4 Å². The quantitative estimate of drug-likeness (QED) is 0.0222. The molecule has 17 nitrogen and oxygen atoms in total. The fourth-order valence-electron chi connectivity index (χ4n) is 12.8. The second kappa shape index (κ2) is 74.9. The maximum Gasteiger partial charge on any atom is 0.472 e. The van der Waals surface area contributed by atoms with Crippen molar-refractivity contribution in [3.05, 3.63) is 0 Å². The van der Waals surface area contributed by atoms with Crippen LogP contribution in [0.1, 0.15) is 439 Å². The number of rotatable bonds is 82. The molecule has 0 fully saturated rings. The van der Waals surface area contributed by atoms with Gasteiger partial charge in [0.05, 0.1) is 26.4 Å². The molecule has 0 amide bonds. The predicted octanol–water partition coefficient (Wildman–Crippen LogP) is 24.8. The molecule has 3 N–H and O–H groups in total. The SMILES string of the molecule is CCCCCCCCCCCCCCCCCCCCC(=O)OC[C@H](COP(=O)(O)OC[C@@H](O)COP(=O)(O)OC[C@@H](COC(=O)CCCCCCCCCCC(C)C)OC(=O)CCCCCCCCCCCCCCCC)OC(=O)CCCCCCCCCCCCCCCCCCCC. The molecule has 101 heavy (non-hydrogen) atoms. The van der Waals surface area contributed by atoms with E-state index in [1.54, 1.807) is 0 Å². The van der Waals surface area contributed by atoms with E-state index < -0.39 is 97.5 Å². The molecule has 2 unspecified atom stereocenters. The molecule has 0 aromatic heterocycles. The molecule has 0 aromatic rings. The molecule has 0 spiro atoms. The van der Waals surface area contributed by atoms with Gasteiger partial charge in [0.2, 0.25) is 0 Å². The van der Waals surface area contributed by atoms with Gasteiger partial charge in [0.25, 0.3) is 0 Å². The molecule has 0 bridgehead atoms. The molecule has 0 aliphatic carbocycles. The van der Waals surface area contributed by atoms with Crippen molar-refractivity contribution in [2.24, 2.45) is 5.92 Å². The molecular formula is C82H160O17P2. The highest BCUT2D eigenvalue weighted by Gasteiger charge is 2.30. The third-order valence-electron chi connectivity index (χ3n) is 19.3. The summed E-state index contributed by atoms with van der Waals surface area (Å²) in [5.74, 6) is -1.38. The summed E-state index contributed by atoms with van der Waals surface area (Å²) in [6.45, 7) is 7.31. The Balaban J connectivity index is 5.24. The van der Waals surface area contributed by atoms with Gasteiger partial charge in [-0.05, 0) is 31.6 Å². The molecule has 0 saturated carbocycles. The number of esters is 4. The molecule has 0 aliphatic rings. The number of phosphoric ester groups is 2. The van der Waals surface area contributed by atoms with Crippen molar-refractivity contribution in [1.82, 2.24) is 0 Å². The summed E-state index contributed by atoms with van der Waals surface area (Å²) in [6.07, 6.45) is 66.6. The zero-order valence-corrected chi connectivity index (χ0v) is 67.8. The summed E-state index contributed by atoms with van der Waals surface area (Å²) in [4.78, 5) is 73.1. The number of aliphatic hydroxyl groups is 1. The summed E-state index contributed by atoms with van der Waals surface area (Å²) in [6, 6.07) is 0. The highest BCUT2D eigenvalue weighted by molar-refractivity contribution is 7.47. The second-order valence-electron chi connectivity index (χ2n) is 30.0. The van der Waals surface area contributed by atoms with Crippen LogP contribution in [0.4, 0.5) is 0 Å². The van der Waals surface area contributed by atoms with Crippen molar-refractivity contribution in [2.75, 3.05) is 39.6 Å². The van der Waals surface area contributed by atoms with Gasteiger partial charge in [-0.15, -0.1) is 0 Å². The maximum atomic E-state index is 13.1. The average Bonchev–Trinajstić information content (AvgIpc) is 0.995. The number of aliphatic hydroxyl groups excluding tert-OH is 1. The van der Waals surface area contributed by atoms with Crippen LogP contribution < -0.4 is 0 Å². The third-order valence-corrected chi connectivity index (χ3v) is 21.2. The van der Waals surface area contributed by atoms with E-state index in [0.29, 0.717) is 25.7 Å². The van der Waals surface area contributed by atoms with E-state index in [0.717, 1.165) is 95.8 Å². The minimum Gasteiger partial charge on any atom is -0.462 e. The van der Waals surface area contributed by atoms with E-state index in [2.05, 4.69) is 34.6 Å². The van der Waals surface area contributed by atoms with Gasteiger partial charge in [-0.1, -0.05) is 388 Å². The van der Waals surface area contributed by atoms with Gasteiger partial charge in [0.15, 0.2) is 12.2 Å². The van der Waals surface area contributed by atoms with Crippen molar-refractivity contribution >= 4 is 39.5 Å². The first-order chi connectivity index (χ1) is 49.0. The number of phosphoric acid groups is 2. The molecule has 0 saturated heterocycles. The molecule has 19 heteroatoms. The van der Waals surface area contributed by atoms with Crippen molar-refractivity contribution in [2.45, 2.75) is 457 Å². The molecule has 600 valence electrons. The van der Waals surface area contributed by atoms with Crippen LogP contribution in [0, 0.1) is 5.92 Å². The number of carbonyl (C=O) groups excluding carboxylic acids is 4. The zero-order valence-electron chi connectivity index (χ0n) is 66.1.